The molecule has 1 amide bonds. The Morgan fingerprint density at radius 1 is 1.54 bits per heavy atom. The number of carbonyl (C=O) groups excluding carboxylic acids is 1. The maximum atomic E-state index is 11.1. The third-order valence-corrected chi connectivity index (χ3v) is 2.70. The van der Waals surface area contributed by atoms with E-state index in [1.165, 1.54) is 0 Å². The average Bonchev–Trinajstić information content (AvgIpc) is 2.52. The van der Waals surface area contributed by atoms with Crippen molar-refractivity contribution in [3.8, 4) is 0 Å². The van der Waals surface area contributed by atoms with Gasteiger partial charge in [-0.3, -0.25) is 15.0 Å². The molecule has 0 aromatic rings. The van der Waals surface area contributed by atoms with E-state index in [-0.39, 0.29) is 18.1 Å². The summed E-state index contributed by atoms with van der Waals surface area (Å²) in [5.41, 5.74) is 5.80. The number of nitrogens with one attached hydrogen (secondary N) is 2. The van der Waals surface area contributed by atoms with Crippen LogP contribution in [0.25, 0.3) is 0 Å². The normalized spacial score (nSPS) is 36.2. The van der Waals surface area contributed by atoms with Gasteiger partial charge in [0.05, 0.1) is 19.3 Å². The van der Waals surface area contributed by atoms with Gasteiger partial charge in [0.2, 0.25) is 5.91 Å². The molecule has 5 nitrogen and oxygen atoms in total. The highest BCUT2D eigenvalue weighted by atomic mass is 16.1. The van der Waals surface area contributed by atoms with E-state index in [9.17, 15) is 4.79 Å². The Kier molecular flexibility index (Phi) is 2.48. The van der Waals surface area contributed by atoms with E-state index in [1.807, 2.05) is 0 Å². The molecule has 2 unspecified atom stereocenters. The predicted octanol–water partition coefficient (Wildman–Crippen LogP) is -1.59. The van der Waals surface area contributed by atoms with E-state index in [1.54, 1.807) is 0 Å². The van der Waals surface area contributed by atoms with Crippen molar-refractivity contribution in [1.82, 2.24) is 15.5 Å². The smallest absolute Gasteiger partial charge is 0.223 e. The van der Waals surface area contributed by atoms with Crippen LogP contribution < -0.4 is 16.4 Å². The first-order chi connectivity index (χ1) is 6.25. The minimum atomic E-state index is 0.129. The molecule has 2 aliphatic heterocycles. The van der Waals surface area contributed by atoms with E-state index in [4.69, 9.17) is 5.73 Å². The first kappa shape index (κ1) is 8.93. The predicted molar refractivity (Wildman–Crippen MR) is 48.7 cm³/mol. The van der Waals surface area contributed by atoms with Crippen LogP contribution in [0.15, 0.2) is 0 Å². The molecule has 2 aliphatic rings. The summed E-state index contributed by atoms with van der Waals surface area (Å²) in [5.74, 6) is 0.129. The lowest BCUT2D eigenvalue weighted by atomic mass is 10.2. The fourth-order valence-electron chi connectivity index (χ4n) is 1.94. The van der Waals surface area contributed by atoms with E-state index in [0.29, 0.717) is 13.1 Å². The highest BCUT2D eigenvalue weighted by Gasteiger charge is 2.29. The monoisotopic (exact) mass is 184 g/mol. The molecule has 0 aliphatic carbocycles. The number of hydrogen-bond acceptors (Lipinski definition) is 4. The van der Waals surface area contributed by atoms with Gasteiger partial charge in [0, 0.05) is 19.1 Å². The zero-order valence-electron chi connectivity index (χ0n) is 7.62. The Labute approximate surface area is 77.6 Å². The molecule has 0 bridgehead atoms. The lowest BCUT2D eigenvalue weighted by molar-refractivity contribution is -0.124. The first-order valence-electron chi connectivity index (χ1n) is 4.75. The maximum Gasteiger partial charge on any atom is 0.223 e. The molecule has 2 fully saturated rings. The molecule has 2 atom stereocenters. The van der Waals surface area contributed by atoms with Gasteiger partial charge in [-0.05, 0) is 6.42 Å². The third-order valence-electron chi connectivity index (χ3n) is 2.70. The quantitative estimate of drug-likeness (QED) is 0.459. The molecule has 74 valence electrons. The fourth-order valence-corrected chi connectivity index (χ4v) is 1.94. The molecular weight excluding hydrogens is 168 g/mol. The highest BCUT2D eigenvalue weighted by Crippen LogP contribution is 2.12. The van der Waals surface area contributed by atoms with Crippen LogP contribution in [0.1, 0.15) is 12.8 Å². The van der Waals surface area contributed by atoms with Crippen LogP contribution in [0.2, 0.25) is 0 Å². The molecule has 2 saturated heterocycles. The van der Waals surface area contributed by atoms with Crippen molar-refractivity contribution in [3.05, 3.63) is 0 Å². The molecule has 5 heteroatoms. The first-order valence-corrected chi connectivity index (χ1v) is 4.75. The number of amides is 1. The minimum Gasteiger partial charge on any atom is -0.343 e. The molecule has 0 spiro atoms. The van der Waals surface area contributed by atoms with Crippen LogP contribution in [0, 0.1) is 0 Å². The summed E-state index contributed by atoms with van der Waals surface area (Å²) >= 11 is 0. The number of hydrogen-bond donors (Lipinski definition) is 3. The van der Waals surface area contributed by atoms with Gasteiger partial charge in [-0.2, -0.15) is 0 Å². The summed E-state index contributed by atoms with van der Waals surface area (Å²) < 4.78 is 0. The van der Waals surface area contributed by atoms with Gasteiger partial charge in [0.25, 0.3) is 0 Å². The Hall–Kier alpha value is -0.650. The maximum absolute atomic E-state index is 11.1. The van der Waals surface area contributed by atoms with Crippen molar-refractivity contribution in [3.63, 3.8) is 0 Å². The Morgan fingerprint density at radius 3 is 3.00 bits per heavy atom. The summed E-state index contributed by atoms with van der Waals surface area (Å²) in [6.07, 6.45) is 1.79. The summed E-state index contributed by atoms with van der Waals surface area (Å²) in [6.45, 7) is 2.49. The van der Waals surface area contributed by atoms with E-state index in [2.05, 4.69) is 15.5 Å². The number of rotatable bonds is 1. The van der Waals surface area contributed by atoms with E-state index in [0.717, 1.165) is 19.5 Å². The molecule has 0 saturated carbocycles. The van der Waals surface area contributed by atoms with Gasteiger partial charge in [0.1, 0.15) is 0 Å². The zero-order chi connectivity index (χ0) is 9.26. The van der Waals surface area contributed by atoms with Crippen molar-refractivity contribution in [1.29, 1.82) is 0 Å². The van der Waals surface area contributed by atoms with E-state index < -0.39 is 0 Å². The van der Waals surface area contributed by atoms with E-state index >= 15 is 0 Å². The second-order valence-corrected chi connectivity index (χ2v) is 3.74. The molecule has 2 heterocycles. The van der Waals surface area contributed by atoms with Crippen LogP contribution in [-0.2, 0) is 4.79 Å². The summed E-state index contributed by atoms with van der Waals surface area (Å²) in [7, 11) is 0. The lowest BCUT2D eigenvalue weighted by Gasteiger charge is -2.31. The van der Waals surface area contributed by atoms with Crippen molar-refractivity contribution >= 4 is 5.91 Å². The van der Waals surface area contributed by atoms with Gasteiger partial charge in [-0.25, -0.2) is 0 Å². The SMILES string of the molecule is NC1CCN(C2CC(=O)NCN2)C1. The number of nitrogens with two attached hydrogens (primary N) is 1. The van der Waals surface area contributed by atoms with Crippen LogP contribution in [0.3, 0.4) is 0 Å². The standard InChI is InChI=1S/C8H16N4O/c9-6-1-2-12(4-6)7-3-8(13)11-5-10-7/h6-7,10H,1-5,9H2,(H,11,13). The molecular formula is C8H16N4O. The Balaban J connectivity index is 1.89. The fraction of sp³-hybridized carbons (Fsp3) is 0.875. The summed E-state index contributed by atoms with van der Waals surface area (Å²) in [4.78, 5) is 13.4. The highest BCUT2D eigenvalue weighted by molar-refractivity contribution is 5.77. The summed E-state index contributed by atoms with van der Waals surface area (Å²) in [5, 5.41) is 5.99. The largest absolute Gasteiger partial charge is 0.343 e. The lowest BCUT2D eigenvalue weighted by Crippen LogP contribution is -2.55. The minimum absolute atomic E-state index is 0.129. The number of likely N-dealkylation sites (tertiary alicyclic amines) is 1. The van der Waals surface area contributed by atoms with Crippen molar-refractivity contribution in [2.45, 2.75) is 25.0 Å². The molecule has 0 radical (unpaired) electrons. The second kappa shape index (κ2) is 3.61. The summed E-state index contributed by atoms with van der Waals surface area (Å²) in [6, 6.07) is 0.284. The van der Waals surface area contributed by atoms with Gasteiger partial charge < -0.3 is 11.1 Å². The zero-order valence-corrected chi connectivity index (χ0v) is 7.62. The molecule has 13 heavy (non-hydrogen) atoms. The topological polar surface area (TPSA) is 70.4 Å². The Bertz CT molecular complexity index is 208. The van der Waals surface area contributed by atoms with Gasteiger partial charge in [-0.1, -0.05) is 0 Å². The van der Waals surface area contributed by atoms with Gasteiger partial charge in [0.15, 0.2) is 0 Å². The molecule has 0 aromatic carbocycles. The van der Waals surface area contributed by atoms with Gasteiger partial charge >= 0.3 is 0 Å². The van der Waals surface area contributed by atoms with Crippen LogP contribution >= 0.6 is 0 Å². The van der Waals surface area contributed by atoms with Crippen molar-refractivity contribution < 1.29 is 4.79 Å². The van der Waals surface area contributed by atoms with Crippen LogP contribution in [0.5, 0.6) is 0 Å². The van der Waals surface area contributed by atoms with Crippen molar-refractivity contribution in [2.24, 2.45) is 5.73 Å². The second-order valence-electron chi connectivity index (χ2n) is 3.74. The van der Waals surface area contributed by atoms with Crippen LogP contribution in [-0.4, -0.2) is 42.8 Å². The number of carbonyl (C=O) groups is 1. The average molecular weight is 184 g/mol. The van der Waals surface area contributed by atoms with Crippen LogP contribution in [0.4, 0.5) is 0 Å². The molecule has 0 aromatic heterocycles. The molecule has 2 rings (SSSR count). The van der Waals surface area contributed by atoms with Gasteiger partial charge in [-0.15, -0.1) is 0 Å². The molecule has 4 N–H and O–H groups in total. The third kappa shape index (κ3) is 1.99. The van der Waals surface area contributed by atoms with Crippen molar-refractivity contribution in [2.75, 3.05) is 19.8 Å². The Morgan fingerprint density at radius 2 is 2.38 bits per heavy atom. The number of nitrogens with zero attached hydrogens (tertiary/aromatic N) is 1.